The molecule has 1 heterocycles. The van der Waals surface area contributed by atoms with Crippen LogP contribution in [0.2, 0.25) is 0 Å². The summed E-state index contributed by atoms with van der Waals surface area (Å²) in [6.07, 6.45) is 11.1. The molecule has 0 saturated carbocycles. The van der Waals surface area contributed by atoms with E-state index in [-0.39, 0.29) is 4.91 Å². The van der Waals surface area contributed by atoms with Crippen LogP contribution in [0.25, 0.3) is 6.08 Å². The first-order valence-corrected chi connectivity index (χ1v) is 7.16. The van der Waals surface area contributed by atoms with Crippen LogP contribution in [-0.2, 0) is 16.0 Å². The van der Waals surface area contributed by atoms with Gasteiger partial charge in [-0.05, 0) is 37.5 Å². The number of thiol groups is 1. The van der Waals surface area contributed by atoms with E-state index in [0.717, 1.165) is 25.0 Å². The minimum absolute atomic E-state index is 0.240. The molecule has 20 heavy (non-hydrogen) atoms. The van der Waals surface area contributed by atoms with Crippen molar-refractivity contribution in [1.29, 1.82) is 0 Å². The number of carbonyl (C=O) groups excluding carboxylic acids is 1. The quantitative estimate of drug-likeness (QED) is 0.507. The standard InChI is InChI=1S/C16H18O3S/c1-2-18-16(17)15(20)11-14-9-8-13(19-14)10-12-6-4-3-5-7-12/h4,6-9,11,20H,2-3,5,10H2,1H3/b15-11-. The fourth-order valence-corrected chi connectivity index (χ4v) is 2.16. The van der Waals surface area contributed by atoms with Crippen molar-refractivity contribution in [2.45, 2.75) is 26.2 Å². The van der Waals surface area contributed by atoms with Crippen molar-refractivity contribution in [3.8, 4) is 0 Å². The Morgan fingerprint density at radius 1 is 1.45 bits per heavy atom. The number of esters is 1. The molecular formula is C16H18O3S. The Balaban J connectivity index is 2.01. The lowest BCUT2D eigenvalue weighted by atomic mass is 10.0. The Morgan fingerprint density at radius 2 is 2.30 bits per heavy atom. The van der Waals surface area contributed by atoms with Gasteiger partial charge in [-0.1, -0.05) is 18.2 Å². The molecule has 106 valence electrons. The maximum absolute atomic E-state index is 11.4. The lowest BCUT2D eigenvalue weighted by molar-refractivity contribution is -0.137. The van der Waals surface area contributed by atoms with Gasteiger partial charge in [0.15, 0.2) is 0 Å². The molecule has 0 aliphatic heterocycles. The van der Waals surface area contributed by atoms with Crippen molar-refractivity contribution >= 4 is 24.7 Å². The third-order valence-corrected chi connectivity index (χ3v) is 3.21. The summed E-state index contributed by atoms with van der Waals surface area (Å²) >= 11 is 4.11. The van der Waals surface area contributed by atoms with Crippen molar-refractivity contribution in [2.75, 3.05) is 6.61 Å². The Labute approximate surface area is 124 Å². The van der Waals surface area contributed by atoms with E-state index in [0.29, 0.717) is 12.4 Å². The second kappa shape index (κ2) is 7.20. The van der Waals surface area contributed by atoms with Gasteiger partial charge in [0, 0.05) is 12.5 Å². The first-order valence-electron chi connectivity index (χ1n) is 6.71. The first-order chi connectivity index (χ1) is 9.69. The molecule has 0 amide bonds. The second-order valence-electron chi connectivity index (χ2n) is 4.49. The van der Waals surface area contributed by atoms with E-state index >= 15 is 0 Å². The highest BCUT2D eigenvalue weighted by Crippen LogP contribution is 2.19. The summed E-state index contributed by atoms with van der Waals surface area (Å²) in [6.45, 7) is 2.09. The maximum atomic E-state index is 11.4. The third kappa shape index (κ3) is 4.17. The molecule has 1 aliphatic rings. The topological polar surface area (TPSA) is 39.4 Å². The molecule has 4 heteroatoms. The molecule has 2 rings (SSSR count). The lowest BCUT2D eigenvalue weighted by Gasteiger charge is -2.04. The van der Waals surface area contributed by atoms with Gasteiger partial charge in [0.1, 0.15) is 11.5 Å². The van der Waals surface area contributed by atoms with Crippen LogP contribution in [0, 0.1) is 0 Å². The van der Waals surface area contributed by atoms with Crippen LogP contribution in [0.3, 0.4) is 0 Å². The molecule has 1 aromatic rings. The first kappa shape index (κ1) is 14.7. The molecule has 0 fully saturated rings. The van der Waals surface area contributed by atoms with Crippen molar-refractivity contribution in [3.63, 3.8) is 0 Å². The molecule has 0 atom stereocenters. The van der Waals surface area contributed by atoms with E-state index in [1.165, 1.54) is 5.57 Å². The highest BCUT2D eigenvalue weighted by atomic mass is 32.1. The van der Waals surface area contributed by atoms with Gasteiger partial charge in [-0.25, -0.2) is 4.79 Å². The predicted molar refractivity (Wildman–Crippen MR) is 82.5 cm³/mol. The normalized spacial score (nSPS) is 15.1. The smallest absolute Gasteiger partial charge is 0.344 e. The summed E-state index contributed by atoms with van der Waals surface area (Å²) in [7, 11) is 0. The molecule has 0 aromatic carbocycles. The number of furan rings is 1. The van der Waals surface area contributed by atoms with Gasteiger partial charge in [-0.3, -0.25) is 0 Å². The number of carbonyl (C=O) groups is 1. The number of ether oxygens (including phenoxy) is 1. The van der Waals surface area contributed by atoms with Gasteiger partial charge in [0.05, 0.1) is 11.5 Å². The molecule has 0 unspecified atom stereocenters. The lowest BCUT2D eigenvalue weighted by Crippen LogP contribution is -2.03. The van der Waals surface area contributed by atoms with E-state index < -0.39 is 5.97 Å². The molecule has 1 aromatic heterocycles. The van der Waals surface area contributed by atoms with Gasteiger partial charge in [-0.15, -0.1) is 12.6 Å². The Kier molecular flexibility index (Phi) is 5.30. The zero-order valence-electron chi connectivity index (χ0n) is 11.5. The summed E-state index contributed by atoms with van der Waals surface area (Å²) in [6, 6.07) is 3.75. The summed E-state index contributed by atoms with van der Waals surface area (Å²) < 4.78 is 10.5. The zero-order valence-corrected chi connectivity index (χ0v) is 12.4. The van der Waals surface area contributed by atoms with E-state index in [4.69, 9.17) is 9.15 Å². The highest BCUT2D eigenvalue weighted by molar-refractivity contribution is 7.85. The average molecular weight is 290 g/mol. The molecule has 3 nitrogen and oxygen atoms in total. The van der Waals surface area contributed by atoms with Gasteiger partial charge in [0.25, 0.3) is 0 Å². The van der Waals surface area contributed by atoms with Gasteiger partial charge in [-0.2, -0.15) is 0 Å². The van der Waals surface area contributed by atoms with E-state index in [1.807, 2.05) is 12.1 Å². The van der Waals surface area contributed by atoms with E-state index in [9.17, 15) is 4.79 Å². The summed E-state index contributed by atoms with van der Waals surface area (Å²) in [4.78, 5) is 11.7. The van der Waals surface area contributed by atoms with Gasteiger partial charge >= 0.3 is 5.97 Å². The Bertz CT molecular complexity index is 564. The van der Waals surface area contributed by atoms with Crippen LogP contribution in [0.1, 0.15) is 31.3 Å². The van der Waals surface area contributed by atoms with Gasteiger partial charge < -0.3 is 9.15 Å². The van der Waals surface area contributed by atoms with Crippen LogP contribution in [0.4, 0.5) is 0 Å². The van der Waals surface area contributed by atoms with Gasteiger partial charge in [0.2, 0.25) is 0 Å². The Hall–Kier alpha value is -1.68. The molecule has 0 bridgehead atoms. The second-order valence-corrected chi connectivity index (χ2v) is 4.97. The number of allylic oxidation sites excluding steroid dienone is 4. The van der Waals surface area contributed by atoms with E-state index in [2.05, 4.69) is 30.9 Å². The maximum Gasteiger partial charge on any atom is 0.344 e. The Morgan fingerprint density at radius 3 is 3.00 bits per heavy atom. The third-order valence-electron chi connectivity index (χ3n) is 2.90. The SMILES string of the molecule is CCOC(=O)/C(S)=C/c1ccc(CC2=CCCC=C2)o1. The molecule has 0 saturated heterocycles. The minimum Gasteiger partial charge on any atom is -0.462 e. The van der Waals surface area contributed by atoms with Crippen molar-refractivity contribution < 1.29 is 13.9 Å². The molecule has 0 radical (unpaired) electrons. The predicted octanol–water partition coefficient (Wildman–Crippen LogP) is 3.93. The summed E-state index contributed by atoms with van der Waals surface area (Å²) in [5, 5.41) is 0. The van der Waals surface area contributed by atoms with Crippen LogP contribution in [-0.4, -0.2) is 12.6 Å². The van der Waals surface area contributed by atoms with Crippen molar-refractivity contribution in [1.82, 2.24) is 0 Å². The van der Waals surface area contributed by atoms with Crippen LogP contribution >= 0.6 is 12.6 Å². The van der Waals surface area contributed by atoms with Crippen molar-refractivity contribution in [3.05, 3.63) is 52.4 Å². The van der Waals surface area contributed by atoms with Crippen LogP contribution < -0.4 is 0 Å². The monoisotopic (exact) mass is 290 g/mol. The molecular weight excluding hydrogens is 272 g/mol. The molecule has 0 spiro atoms. The fraction of sp³-hybridized carbons (Fsp3) is 0.312. The van der Waals surface area contributed by atoms with Crippen LogP contribution in [0.5, 0.6) is 0 Å². The van der Waals surface area contributed by atoms with Crippen LogP contribution in [0.15, 0.2) is 45.3 Å². The molecule has 1 aliphatic carbocycles. The highest BCUT2D eigenvalue weighted by Gasteiger charge is 2.08. The number of rotatable bonds is 5. The van der Waals surface area contributed by atoms with E-state index in [1.54, 1.807) is 13.0 Å². The number of hydrogen-bond acceptors (Lipinski definition) is 4. The summed E-state index contributed by atoms with van der Waals surface area (Å²) in [5.41, 5.74) is 1.26. The zero-order chi connectivity index (χ0) is 14.4. The molecule has 0 N–H and O–H groups in total. The van der Waals surface area contributed by atoms with Crippen molar-refractivity contribution in [2.24, 2.45) is 0 Å². The fourth-order valence-electron chi connectivity index (χ4n) is 1.97. The summed E-state index contributed by atoms with van der Waals surface area (Å²) in [5.74, 6) is 1.05. The average Bonchev–Trinajstić information content (AvgIpc) is 2.87. The largest absolute Gasteiger partial charge is 0.462 e. The number of hydrogen-bond donors (Lipinski definition) is 1. The minimum atomic E-state index is -0.438.